The molecule has 2 amide bonds. The molecule has 5 nitrogen and oxygen atoms in total. The third kappa shape index (κ3) is 4.62. The summed E-state index contributed by atoms with van der Waals surface area (Å²) < 4.78 is 2.11. The van der Waals surface area contributed by atoms with Crippen LogP contribution in [0.1, 0.15) is 37.7 Å². The summed E-state index contributed by atoms with van der Waals surface area (Å²) in [6, 6.07) is 9.68. The number of carbonyl (C=O) groups is 1. The van der Waals surface area contributed by atoms with E-state index in [0.29, 0.717) is 0 Å². The zero-order valence-corrected chi connectivity index (χ0v) is 13.4. The van der Waals surface area contributed by atoms with Crippen molar-refractivity contribution in [3.8, 4) is 0 Å². The Labute approximate surface area is 131 Å². The van der Waals surface area contributed by atoms with E-state index in [4.69, 9.17) is 0 Å². The number of rotatable bonds is 6. The molecule has 0 aromatic carbocycles. The molecule has 0 aliphatic carbocycles. The van der Waals surface area contributed by atoms with Gasteiger partial charge in [0.2, 0.25) is 0 Å². The van der Waals surface area contributed by atoms with Gasteiger partial charge in [-0.3, -0.25) is 4.98 Å². The second-order valence-corrected chi connectivity index (χ2v) is 5.64. The van der Waals surface area contributed by atoms with Crippen molar-refractivity contribution in [1.29, 1.82) is 0 Å². The second-order valence-electron chi connectivity index (χ2n) is 5.64. The number of pyridine rings is 1. The second kappa shape index (κ2) is 7.64. The summed E-state index contributed by atoms with van der Waals surface area (Å²) in [4.78, 5) is 16.3. The number of hydrogen-bond acceptors (Lipinski definition) is 2. The van der Waals surface area contributed by atoms with E-state index < -0.39 is 0 Å². The lowest BCUT2D eigenvalue weighted by Gasteiger charge is -2.18. The van der Waals surface area contributed by atoms with Crippen molar-refractivity contribution >= 4 is 6.03 Å². The lowest BCUT2D eigenvalue weighted by molar-refractivity contribution is 0.234. The van der Waals surface area contributed by atoms with Crippen molar-refractivity contribution in [2.24, 2.45) is 7.05 Å². The summed E-state index contributed by atoms with van der Waals surface area (Å²) in [6.45, 7) is 3.95. The molecule has 0 saturated heterocycles. The monoisotopic (exact) mass is 300 g/mol. The molecule has 2 N–H and O–H groups in total. The molecule has 22 heavy (non-hydrogen) atoms. The van der Waals surface area contributed by atoms with Gasteiger partial charge in [0, 0.05) is 31.2 Å². The molecule has 118 valence electrons. The van der Waals surface area contributed by atoms with Crippen LogP contribution >= 0.6 is 0 Å². The molecule has 2 aromatic rings. The summed E-state index contributed by atoms with van der Waals surface area (Å²) in [5.41, 5.74) is 2.13. The SMILES string of the molecule is C[C@@H](CCc1cccn1C)NC(=O)N[C@H](C)c1ccccn1. The zero-order chi connectivity index (χ0) is 15.9. The van der Waals surface area contributed by atoms with Crippen LogP contribution in [0.4, 0.5) is 4.79 Å². The number of urea groups is 1. The number of aryl methyl sites for hydroxylation is 2. The van der Waals surface area contributed by atoms with Crippen LogP contribution in [0.5, 0.6) is 0 Å². The van der Waals surface area contributed by atoms with Crippen LogP contribution in [-0.2, 0) is 13.5 Å². The Morgan fingerprint density at radius 3 is 2.68 bits per heavy atom. The fourth-order valence-corrected chi connectivity index (χ4v) is 2.36. The number of carbonyl (C=O) groups excluding carboxylic acids is 1. The Morgan fingerprint density at radius 2 is 2.05 bits per heavy atom. The van der Waals surface area contributed by atoms with E-state index in [9.17, 15) is 4.79 Å². The number of nitrogens with zero attached hydrogens (tertiary/aromatic N) is 2. The lowest BCUT2D eigenvalue weighted by atomic mass is 10.1. The average Bonchev–Trinajstić information content (AvgIpc) is 2.91. The molecule has 0 fully saturated rings. The molecule has 2 heterocycles. The van der Waals surface area contributed by atoms with Crippen LogP contribution in [0, 0.1) is 0 Å². The van der Waals surface area contributed by atoms with Gasteiger partial charge in [0.1, 0.15) is 0 Å². The maximum atomic E-state index is 12.0. The van der Waals surface area contributed by atoms with Crippen molar-refractivity contribution in [3.63, 3.8) is 0 Å². The van der Waals surface area contributed by atoms with Crippen molar-refractivity contribution in [3.05, 3.63) is 54.1 Å². The Morgan fingerprint density at radius 1 is 1.23 bits per heavy atom. The predicted molar refractivity (Wildman–Crippen MR) is 87.5 cm³/mol. The maximum Gasteiger partial charge on any atom is 0.315 e. The summed E-state index contributed by atoms with van der Waals surface area (Å²) >= 11 is 0. The predicted octanol–water partition coefficient (Wildman–Crippen LogP) is 2.80. The molecule has 0 spiro atoms. The minimum atomic E-state index is -0.155. The molecular formula is C17H24N4O. The van der Waals surface area contributed by atoms with Crippen LogP contribution < -0.4 is 10.6 Å². The molecule has 0 radical (unpaired) electrons. The first-order valence-corrected chi connectivity index (χ1v) is 7.64. The Kier molecular flexibility index (Phi) is 5.58. The smallest absolute Gasteiger partial charge is 0.315 e. The largest absolute Gasteiger partial charge is 0.354 e. The van der Waals surface area contributed by atoms with Crippen molar-refractivity contribution < 1.29 is 4.79 Å². The zero-order valence-electron chi connectivity index (χ0n) is 13.4. The van der Waals surface area contributed by atoms with Gasteiger partial charge in [0.05, 0.1) is 11.7 Å². The summed E-state index contributed by atoms with van der Waals surface area (Å²) in [6.07, 6.45) is 5.62. The fraction of sp³-hybridized carbons (Fsp3) is 0.412. The molecule has 0 unspecified atom stereocenters. The Bertz CT molecular complexity index is 594. The summed E-state index contributed by atoms with van der Waals surface area (Å²) in [5, 5.41) is 5.89. The topological polar surface area (TPSA) is 59.0 Å². The minimum Gasteiger partial charge on any atom is -0.354 e. The third-order valence-corrected chi connectivity index (χ3v) is 3.74. The molecule has 2 atom stereocenters. The van der Waals surface area contributed by atoms with Crippen LogP contribution in [0.3, 0.4) is 0 Å². The highest BCUT2D eigenvalue weighted by Gasteiger charge is 2.12. The number of amides is 2. The third-order valence-electron chi connectivity index (χ3n) is 3.74. The van der Waals surface area contributed by atoms with Gasteiger partial charge in [0.25, 0.3) is 0 Å². The van der Waals surface area contributed by atoms with Crippen LogP contribution in [-0.4, -0.2) is 21.6 Å². The van der Waals surface area contributed by atoms with E-state index >= 15 is 0 Å². The van der Waals surface area contributed by atoms with E-state index in [2.05, 4.69) is 26.3 Å². The molecule has 0 aliphatic heterocycles. The molecular weight excluding hydrogens is 276 g/mol. The van der Waals surface area contributed by atoms with Crippen molar-refractivity contribution in [2.45, 2.75) is 38.8 Å². The molecule has 2 aromatic heterocycles. The average molecular weight is 300 g/mol. The number of nitrogens with one attached hydrogen (secondary N) is 2. The van der Waals surface area contributed by atoms with Gasteiger partial charge < -0.3 is 15.2 Å². The highest BCUT2D eigenvalue weighted by molar-refractivity contribution is 5.74. The first kappa shape index (κ1) is 16.1. The van der Waals surface area contributed by atoms with Gasteiger partial charge in [-0.2, -0.15) is 0 Å². The molecule has 2 rings (SSSR count). The normalized spacial score (nSPS) is 13.4. The maximum absolute atomic E-state index is 12.0. The number of hydrogen-bond donors (Lipinski definition) is 2. The highest BCUT2D eigenvalue weighted by atomic mass is 16.2. The Balaban J connectivity index is 1.75. The van der Waals surface area contributed by atoms with E-state index in [1.54, 1.807) is 6.20 Å². The van der Waals surface area contributed by atoms with Crippen molar-refractivity contribution in [1.82, 2.24) is 20.2 Å². The molecule has 0 bridgehead atoms. The molecule has 0 aliphatic rings. The van der Waals surface area contributed by atoms with Gasteiger partial charge >= 0.3 is 6.03 Å². The fourth-order valence-electron chi connectivity index (χ4n) is 2.36. The number of aromatic nitrogens is 2. The van der Waals surface area contributed by atoms with Crippen LogP contribution in [0.2, 0.25) is 0 Å². The minimum absolute atomic E-state index is 0.110. The highest BCUT2D eigenvalue weighted by Crippen LogP contribution is 2.08. The summed E-state index contributed by atoms with van der Waals surface area (Å²) in [5.74, 6) is 0. The standard InChI is InChI=1S/C17H24N4O/c1-13(9-10-15-7-6-12-21(15)3)19-17(22)20-14(2)16-8-4-5-11-18-16/h4-8,11-14H,9-10H2,1-3H3,(H2,19,20,22)/t13-,14+/m0/s1. The molecule has 5 heteroatoms. The van der Waals surface area contributed by atoms with Crippen LogP contribution in [0.15, 0.2) is 42.7 Å². The first-order chi connectivity index (χ1) is 10.6. The van der Waals surface area contributed by atoms with Gasteiger partial charge in [0.15, 0.2) is 0 Å². The van der Waals surface area contributed by atoms with E-state index in [-0.39, 0.29) is 18.1 Å². The first-order valence-electron chi connectivity index (χ1n) is 7.64. The van der Waals surface area contributed by atoms with Gasteiger partial charge in [-0.1, -0.05) is 6.07 Å². The van der Waals surface area contributed by atoms with E-state index in [1.807, 2.05) is 51.4 Å². The van der Waals surface area contributed by atoms with Gasteiger partial charge in [-0.15, -0.1) is 0 Å². The summed E-state index contributed by atoms with van der Waals surface area (Å²) in [7, 11) is 2.04. The van der Waals surface area contributed by atoms with Crippen molar-refractivity contribution in [2.75, 3.05) is 0 Å². The van der Waals surface area contributed by atoms with Gasteiger partial charge in [-0.05, 0) is 51.0 Å². The van der Waals surface area contributed by atoms with Gasteiger partial charge in [-0.25, -0.2) is 4.79 Å². The van der Waals surface area contributed by atoms with E-state index in [0.717, 1.165) is 18.5 Å². The van der Waals surface area contributed by atoms with E-state index in [1.165, 1.54) is 5.69 Å². The Hall–Kier alpha value is -2.30. The quantitative estimate of drug-likeness (QED) is 0.862. The lowest BCUT2D eigenvalue weighted by Crippen LogP contribution is -2.42. The molecule has 0 saturated carbocycles. The van der Waals surface area contributed by atoms with Crippen LogP contribution in [0.25, 0.3) is 0 Å².